The first-order chi connectivity index (χ1) is 7.68. The minimum atomic E-state index is 0.0252. The van der Waals surface area contributed by atoms with E-state index in [4.69, 9.17) is 17.3 Å². The second-order valence-electron chi connectivity index (χ2n) is 3.54. The van der Waals surface area contributed by atoms with Gasteiger partial charge in [-0.15, -0.1) is 0 Å². The lowest BCUT2D eigenvalue weighted by Gasteiger charge is -2.16. The molecule has 0 fully saturated rings. The van der Waals surface area contributed by atoms with Crippen LogP contribution in [-0.2, 0) is 0 Å². The molecule has 4 N–H and O–H groups in total. The Kier molecular flexibility index (Phi) is 3.01. The van der Waals surface area contributed by atoms with Crippen LogP contribution in [-0.4, -0.2) is 9.97 Å². The summed E-state index contributed by atoms with van der Waals surface area (Å²) < 4.78 is 0. The summed E-state index contributed by atoms with van der Waals surface area (Å²) in [5.41, 5.74) is 7.22. The number of aromatic nitrogens is 2. The van der Waals surface area contributed by atoms with Crippen LogP contribution in [0.4, 0.5) is 11.4 Å². The first kappa shape index (κ1) is 10.8. The molecule has 1 aromatic carbocycles. The van der Waals surface area contributed by atoms with Crippen molar-refractivity contribution in [2.24, 2.45) is 0 Å². The zero-order valence-corrected chi connectivity index (χ0v) is 9.62. The van der Waals surface area contributed by atoms with Crippen molar-refractivity contribution in [3.63, 3.8) is 0 Å². The second-order valence-corrected chi connectivity index (χ2v) is 3.95. The molecular weight excluding hydrogens is 224 g/mol. The van der Waals surface area contributed by atoms with E-state index in [1.54, 1.807) is 18.5 Å². The molecule has 2 aromatic rings. The number of benzene rings is 1. The van der Waals surface area contributed by atoms with E-state index in [2.05, 4.69) is 15.3 Å². The van der Waals surface area contributed by atoms with Gasteiger partial charge in [-0.1, -0.05) is 17.7 Å². The minimum absolute atomic E-state index is 0.0252. The molecule has 5 heteroatoms. The smallest absolute Gasteiger partial charge is 0.128 e. The number of hydrogen-bond donors (Lipinski definition) is 3. The van der Waals surface area contributed by atoms with Crippen LogP contribution < -0.4 is 11.1 Å². The Morgan fingerprint density at radius 3 is 2.94 bits per heavy atom. The molecular formula is C11H13ClN4. The van der Waals surface area contributed by atoms with Crippen LogP contribution in [0, 0.1) is 0 Å². The number of imidazole rings is 1. The number of para-hydroxylation sites is 1. The maximum absolute atomic E-state index is 6.06. The molecule has 4 nitrogen and oxygen atoms in total. The highest BCUT2D eigenvalue weighted by molar-refractivity contribution is 6.33. The molecule has 0 aliphatic carbocycles. The zero-order valence-electron chi connectivity index (χ0n) is 8.87. The highest BCUT2D eigenvalue weighted by Gasteiger charge is 2.11. The molecule has 0 saturated heterocycles. The van der Waals surface area contributed by atoms with Gasteiger partial charge in [-0.25, -0.2) is 4.98 Å². The van der Waals surface area contributed by atoms with Crippen LogP contribution in [0.1, 0.15) is 18.8 Å². The molecule has 16 heavy (non-hydrogen) atoms. The summed E-state index contributed by atoms with van der Waals surface area (Å²) in [7, 11) is 0. The largest absolute Gasteiger partial charge is 0.397 e. The van der Waals surface area contributed by atoms with Gasteiger partial charge in [0.25, 0.3) is 0 Å². The number of halogens is 1. The Labute approximate surface area is 98.8 Å². The summed E-state index contributed by atoms with van der Waals surface area (Å²) in [5, 5.41) is 3.84. The normalized spacial score (nSPS) is 12.4. The Morgan fingerprint density at radius 2 is 2.31 bits per heavy atom. The van der Waals surface area contributed by atoms with Gasteiger partial charge in [-0.2, -0.15) is 0 Å². The maximum atomic E-state index is 6.06. The number of aromatic amines is 1. The van der Waals surface area contributed by atoms with E-state index in [1.165, 1.54) is 0 Å². The number of rotatable bonds is 3. The number of nitrogen functional groups attached to an aromatic ring is 1. The number of H-pyrrole nitrogens is 1. The van der Waals surface area contributed by atoms with Gasteiger partial charge in [0.1, 0.15) is 5.82 Å². The van der Waals surface area contributed by atoms with Crippen molar-refractivity contribution >= 4 is 23.0 Å². The highest BCUT2D eigenvalue weighted by atomic mass is 35.5. The summed E-state index contributed by atoms with van der Waals surface area (Å²) in [6, 6.07) is 5.45. The minimum Gasteiger partial charge on any atom is -0.397 e. The predicted octanol–water partition coefficient (Wildman–Crippen LogP) is 2.82. The first-order valence-corrected chi connectivity index (χ1v) is 5.36. The molecule has 0 bridgehead atoms. The van der Waals surface area contributed by atoms with Crippen molar-refractivity contribution in [1.29, 1.82) is 0 Å². The van der Waals surface area contributed by atoms with E-state index in [-0.39, 0.29) is 6.04 Å². The summed E-state index contributed by atoms with van der Waals surface area (Å²) in [6.07, 6.45) is 3.49. The predicted molar refractivity (Wildman–Crippen MR) is 66.5 cm³/mol. The van der Waals surface area contributed by atoms with Crippen LogP contribution in [0.3, 0.4) is 0 Å². The number of hydrogen-bond acceptors (Lipinski definition) is 3. The number of anilines is 2. The fourth-order valence-electron chi connectivity index (χ4n) is 1.49. The number of nitrogens with two attached hydrogens (primary N) is 1. The van der Waals surface area contributed by atoms with Gasteiger partial charge in [0.15, 0.2) is 0 Å². The zero-order chi connectivity index (χ0) is 11.5. The Morgan fingerprint density at radius 1 is 1.50 bits per heavy atom. The molecule has 0 aliphatic heterocycles. The van der Waals surface area contributed by atoms with E-state index in [1.807, 2.05) is 19.1 Å². The van der Waals surface area contributed by atoms with E-state index >= 15 is 0 Å². The molecule has 0 amide bonds. The molecule has 0 saturated carbocycles. The van der Waals surface area contributed by atoms with Gasteiger partial charge in [-0.05, 0) is 19.1 Å². The average Bonchev–Trinajstić information content (AvgIpc) is 2.76. The monoisotopic (exact) mass is 236 g/mol. The van der Waals surface area contributed by atoms with Crippen molar-refractivity contribution in [3.8, 4) is 0 Å². The quantitative estimate of drug-likeness (QED) is 0.718. The van der Waals surface area contributed by atoms with Gasteiger partial charge in [-0.3, -0.25) is 0 Å². The molecule has 1 heterocycles. The van der Waals surface area contributed by atoms with Crippen molar-refractivity contribution in [1.82, 2.24) is 9.97 Å². The fraction of sp³-hybridized carbons (Fsp3) is 0.182. The van der Waals surface area contributed by atoms with Gasteiger partial charge >= 0.3 is 0 Å². The Bertz CT molecular complexity index is 447. The standard InChI is InChI=1S/C11H13ClN4/c1-7(11-14-5-6-15-11)16-10-8(12)3-2-4-9(10)13/h2-7,16H,13H2,1H3,(H,14,15). The number of nitrogens with one attached hydrogen (secondary N) is 2. The number of nitrogens with zero attached hydrogens (tertiary/aromatic N) is 1. The van der Waals surface area contributed by atoms with Gasteiger partial charge in [0.05, 0.1) is 22.4 Å². The van der Waals surface area contributed by atoms with Crippen LogP contribution in [0.25, 0.3) is 0 Å². The first-order valence-electron chi connectivity index (χ1n) is 4.98. The van der Waals surface area contributed by atoms with Crippen LogP contribution in [0.15, 0.2) is 30.6 Å². The van der Waals surface area contributed by atoms with Crippen molar-refractivity contribution in [2.45, 2.75) is 13.0 Å². The van der Waals surface area contributed by atoms with Crippen LogP contribution >= 0.6 is 11.6 Å². The second kappa shape index (κ2) is 4.45. The third kappa shape index (κ3) is 2.12. The van der Waals surface area contributed by atoms with E-state index in [9.17, 15) is 0 Å². The Hall–Kier alpha value is -1.68. The van der Waals surface area contributed by atoms with E-state index in [0.29, 0.717) is 10.7 Å². The van der Waals surface area contributed by atoms with E-state index < -0.39 is 0 Å². The van der Waals surface area contributed by atoms with Crippen LogP contribution in [0.5, 0.6) is 0 Å². The lowest BCUT2D eigenvalue weighted by Crippen LogP contribution is -2.10. The SMILES string of the molecule is CC(Nc1c(N)cccc1Cl)c1ncc[nH]1. The van der Waals surface area contributed by atoms with E-state index in [0.717, 1.165) is 11.5 Å². The molecule has 1 aromatic heterocycles. The third-order valence-electron chi connectivity index (χ3n) is 2.34. The van der Waals surface area contributed by atoms with Crippen molar-refractivity contribution in [2.75, 3.05) is 11.1 Å². The molecule has 84 valence electrons. The van der Waals surface area contributed by atoms with Gasteiger partial charge in [0.2, 0.25) is 0 Å². The topological polar surface area (TPSA) is 66.7 Å². The summed E-state index contributed by atoms with van der Waals surface area (Å²) in [5.74, 6) is 0.847. The van der Waals surface area contributed by atoms with Crippen LogP contribution in [0.2, 0.25) is 5.02 Å². The molecule has 1 atom stereocenters. The summed E-state index contributed by atoms with van der Waals surface area (Å²) in [4.78, 5) is 7.21. The molecule has 0 spiro atoms. The van der Waals surface area contributed by atoms with Gasteiger partial charge in [0, 0.05) is 12.4 Å². The summed E-state index contributed by atoms with van der Waals surface area (Å²) in [6.45, 7) is 1.99. The van der Waals surface area contributed by atoms with Crippen molar-refractivity contribution in [3.05, 3.63) is 41.4 Å². The lowest BCUT2D eigenvalue weighted by molar-refractivity contribution is 0.811. The summed E-state index contributed by atoms with van der Waals surface area (Å²) >= 11 is 6.06. The maximum Gasteiger partial charge on any atom is 0.128 e. The van der Waals surface area contributed by atoms with Crippen molar-refractivity contribution < 1.29 is 0 Å². The van der Waals surface area contributed by atoms with Gasteiger partial charge < -0.3 is 16.0 Å². The molecule has 0 radical (unpaired) electrons. The average molecular weight is 237 g/mol. The molecule has 1 unspecified atom stereocenters. The highest BCUT2D eigenvalue weighted by Crippen LogP contribution is 2.30. The third-order valence-corrected chi connectivity index (χ3v) is 2.65. The lowest BCUT2D eigenvalue weighted by atomic mass is 10.2. The molecule has 2 rings (SSSR count). The fourth-order valence-corrected chi connectivity index (χ4v) is 1.73. The molecule has 0 aliphatic rings. The Balaban J connectivity index is 2.21.